The van der Waals surface area contributed by atoms with Crippen molar-refractivity contribution in [1.29, 1.82) is 0 Å². The lowest BCUT2D eigenvalue weighted by Crippen LogP contribution is -2.27. The van der Waals surface area contributed by atoms with Crippen LogP contribution in [0.5, 0.6) is 0 Å². The molecule has 0 aliphatic rings. The molecule has 0 spiro atoms. The second-order valence-corrected chi connectivity index (χ2v) is 5.55. The smallest absolute Gasteiger partial charge is 0.243 e. The Morgan fingerprint density at radius 3 is 2.83 bits per heavy atom. The molecular formula is C10H11ClN4O2S. The summed E-state index contributed by atoms with van der Waals surface area (Å²) in [7, 11) is -3.63. The maximum atomic E-state index is 11.9. The first-order valence-corrected chi connectivity index (χ1v) is 7.03. The van der Waals surface area contributed by atoms with E-state index in [4.69, 9.17) is 11.6 Å². The summed E-state index contributed by atoms with van der Waals surface area (Å²) in [5.41, 5.74) is 0. The molecule has 2 aromatic rings. The fourth-order valence-electron chi connectivity index (χ4n) is 1.38. The van der Waals surface area contributed by atoms with Gasteiger partial charge in [-0.15, -0.1) is 0 Å². The van der Waals surface area contributed by atoms with Gasteiger partial charge in [0.2, 0.25) is 10.0 Å². The third-order valence-corrected chi connectivity index (χ3v) is 4.11. The molecule has 18 heavy (non-hydrogen) atoms. The maximum absolute atomic E-state index is 11.9. The number of halogens is 1. The van der Waals surface area contributed by atoms with Crippen molar-refractivity contribution in [2.24, 2.45) is 0 Å². The molecule has 1 N–H and O–H groups in total. The summed E-state index contributed by atoms with van der Waals surface area (Å²) in [6, 6.07) is 4.70. The van der Waals surface area contributed by atoms with E-state index in [2.05, 4.69) is 14.8 Å². The van der Waals surface area contributed by atoms with Gasteiger partial charge in [0.15, 0.2) is 0 Å². The summed E-state index contributed by atoms with van der Waals surface area (Å²) in [5.74, 6) is 0. The largest absolute Gasteiger partial charge is 0.271 e. The van der Waals surface area contributed by atoms with Crippen LogP contribution in [0.4, 0.5) is 0 Å². The van der Waals surface area contributed by atoms with Gasteiger partial charge in [-0.25, -0.2) is 18.1 Å². The van der Waals surface area contributed by atoms with Crippen molar-refractivity contribution in [3.63, 3.8) is 0 Å². The SMILES string of the molecule is O=S(=O)(NCCn1cccn1)c1cccnc1Cl. The van der Waals surface area contributed by atoms with Crippen molar-refractivity contribution < 1.29 is 8.42 Å². The number of hydrogen-bond acceptors (Lipinski definition) is 4. The molecule has 6 nitrogen and oxygen atoms in total. The van der Waals surface area contributed by atoms with Gasteiger partial charge < -0.3 is 0 Å². The first kappa shape index (κ1) is 13.0. The minimum atomic E-state index is -3.63. The van der Waals surface area contributed by atoms with Gasteiger partial charge >= 0.3 is 0 Å². The maximum Gasteiger partial charge on any atom is 0.243 e. The second-order valence-electron chi connectivity index (χ2n) is 3.46. The van der Waals surface area contributed by atoms with E-state index in [0.717, 1.165) is 0 Å². The molecular weight excluding hydrogens is 276 g/mol. The van der Waals surface area contributed by atoms with E-state index >= 15 is 0 Å². The zero-order valence-electron chi connectivity index (χ0n) is 9.32. The molecule has 0 saturated carbocycles. The minimum absolute atomic E-state index is 0.0212. The number of pyridine rings is 1. The van der Waals surface area contributed by atoms with Crippen LogP contribution in [0.25, 0.3) is 0 Å². The lowest BCUT2D eigenvalue weighted by Gasteiger charge is -2.07. The van der Waals surface area contributed by atoms with Crippen molar-refractivity contribution in [3.05, 3.63) is 41.9 Å². The Balaban J connectivity index is 2.02. The standard InChI is InChI=1S/C10H11ClN4O2S/c11-10-9(3-1-4-12-10)18(16,17)14-6-8-15-7-2-5-13-15/h1-5,7,14H,6,8H2. The Morgan fingerprint density at radius 1 is 1.33 bits per heavy atom. The predicted molar refractivity (Wildman–Crippen MR) is 66.7 cm³/mol. The zero-order chi connectivity index (χ0) is 13.0. The Bertz CT molecular complexity index is 613. The minimum Gasteiger partial charge on any atom is -0.271 e. The zero-order valence-corrected chi connectivity index (χ0v) is 10.9. The van der Waals surface area contributed by atoms with E-state index < -0.39 is 10.0 Å². The highest BCUT2D eigenvalue weighted by Gasteiger charge is 2.17. The second kappa shape index (κ2) is 5.47. The molecule has 0 unspecified atom stereocenters. The number of aromatic nitrogens is 3. The molecule has 8 heteroatoms. The fraction of sp³-hybridized carbons (Fsp3) is 0.200. The summed E-state index contributed by atoms with van der Waals surface area (Å²) in [6.45, 7) is 0.680. The number of nitrogens with zero attached hydrogens (tertiary/aromatic N) is 3. The van der Waals surface area contributed by atoms with Crippen LogP contribution in [-0.2, 0) is 16.6 Å². The first-order valence-electron chi connectivity index (χ1n) is 5.17. The summed E-state index contributed by atoms with van der Waals surface area (Å²) in [4.78, 5) is 3.71. The van der Waals surface area contributed by atoms with Gasteiger partial charge in [-0.1, -0.05) is 11.6 Å². The normalized spacial score (nSPS) is 11.6. The van der Waals surface area contributed by atoms with Gasteiger partial charge in [0.25, 0.3) is 0 Å². The topological polar surface area (TPSA) is 76.9 Å². The van der Waals surface area contributed by atoms with Gasteiger partial charge in [-0.05, 0) is 18.2 Å². The molecule has 0 fully saturated rings. The Morgan fingerprint density at radius 2 is 2.17 bits per heavy atom. The van der Waals surface area contributed by atoms with E-state index in [1.165, 1.54) is 18.3 Å². The fourth-order valence-corrected chi connectivity index (χ4v) is 2.85. The van der Waals surface area contributed by atoms with Gasteiger partial charge in [0.1, 0.15) is 10.0 Å². The van der Waals surface area contributed by atoms with E-state index in [-0.39, 0.29) is 16.6 Å². The monoisotopic (exact) mass is 286 g/mol. The molecule has 2 aromatic heterocycles. The molecule has 0 saturated heterocycles. The molecule has 0 aromatic carbocycles. The van der Waals surface area contributed by atoms with Crippen molar-refractivity contribution in [1.82, 2.24) is 19.5 Å². The third kappa shape index (κ3) is 3.06. The predicted octanol–water partition coefficient (Wildman–Crippen LogP) is 0.910. The molecule has 2 rings (SSSR count). The summed E-state index contributed by atoms with van der Waals surface area (Å²) < 4.78 is 27.9. The van der Waals surface area contributed by atoms with Crippen LogP contribution in [0.2, 0.25) is 5.15 Å². The molecule has 0 atom stereocenters. The van der Waals surface area contributed by atoms with Crippen LogP contribution in [0.15, 0.2) is 41.7 Å². The molecule has 0 amide bonds. The van der Waals surface area contributed by atoms with Gasteiger partial charge in [0, 0.05) is 25.1 Å². The van der Waals surface area contributed by atoms with E-state index in [0.29, 0.717) is 6.54 Å². The summed E-state index contributed by atoms with van der Waals surface area (Å²) in [5, 5.41) is 3.93. The average molecular weight is 287 g/mol. The first-order chi connectivity index (χ1) is 8.59. The van der Waals surface area contributed by atoms with Crippen LogP contribution in [0.3, 0.4) is 0 Å². The highest BCUT2D eigenvalue weighted by molar-refractivity contribution is 7.89. The molecule has 0 radical (unpaired) electrons. The molecule has 96 valence electrons. The molecule has 2 heterocycles. The van der Waals surface area contributed by atoms with Crippen LogP contribution in [0.1, 0.15) is 0 Å². The van der Waals surface area contributed by atoms with Crippen molar-refractivity contribution in [2.45, 2.75) is 11.4 Å². The Hall–Kier alpha value is -1.44. The highest BCUT2D eigenvalue weighted by Crippen LogP contribution is 2.17. The number of sulfonamides is 1. The van der Waals surface area contributed by atoms with Gasteiger partial charge in [-0.2, -0.15) is 5.10 Å². The van der Waals surface area contributed by atoms with Crippen molar-refractivity contribution >= 4 is 21.6 Å². The summed E-state index contributed by atoms with van der Waals surface area (Å²) in [6.07, 6.45) is 4.82. The Labute approximate surface area is 110 Å². The Kier molecular flexibility index (Phi) is 3.95. The number of rotatable bonds is 5. The molecule has 0 bridgehead atoms. The van der Waals surface area contributed by atoms with E-state index in [9.17, 15) is 8.42 Å². The van der Waals surface area contributed by atoms with Crippen LogP contribution >= 0.6 is 11.6 Å². The lowest BCUT2D eigenvalue weighted by atomic mass is 10.5. The summed E-state index contributed by atoms with van der Waals surface area (Å²) >= 11 is 5.74. The lowest BCUT2D eigenvalue weighted by molar-refractivity contribution is 0.560. The van der Waals surface area contributed by atoms with Gasteiger partial charge in [-0.3, -0.25) is 4.68 Å². The van der Waals surface area contributed by atoms with E-state index in [1.807, 2.05) is 0 Å². The van der Waals surface area contributed by atoms with Crippen LogP contribution in [0, 0.1) is 0 Å². The quantitative estimate of drug-likeness (QED) is 0.829. The van der Waals surface area contributed by atoms with Crippen LogP contribution < -0.4 is 4.72 Å². The number of hydrogen-bond donors (Lipinski definition) is 1. The average Bonchev–Trinajstić information content (AvgIpc) is 2.82. The molecule has 0 aliphatic carbocycles. The molecule has 0 aliphatic heterocycles. The van der Waals surface area contributed by atoms with Crippen molar-refractivity contribution in [2.75, 3.05) is 6.54 Å². The van der Waals surface area contributed by atoms with Crippen molar-refractivity contribution in [3.8, 4) is 0 Å². The van der Waals surface area contributed by atoms with Gasteiger partial charge in [0.05, 0.1) is 6.54 Å². The third-order valence-electron chi connectivity index (χ3n) is 2.21. The van der Waals surface area contributed by atoms with Crippen LogP contribution in [-0.4, -0.2) is 29.7 Å². The number of nitrogens with one attached hydrogen (secondary N) is 1. The van der Waals surface area contributed by atoms with E-state index in [1.54, 1.807) is 23.1 Å². The highest BCUT2D eigenvalue weighted by atomic mass is 35.5.